The Hall–Kier alpha value is -4.16. The minimum Gasteiger partial charge on any atom is -0.489 e. The molecule has 0 bridgehead atoms. The van der Waals surface area contributed by atoms with Gasteiger partial charge in [-0.2, -0.15) is 0 Å². The summed E-state index contributed by atoms with van der Waals surface area (Å²) in [6.07, 6.45) is 1.98. The Labute approximate surface area is 206 Å². The topological polar surface area (TPSA) is 48.5 Å². The third-order valence-corrected chi connectivity index (χ3v) is 7.21. The molecule has 0 N–H and O–H groups in total. The van der Waals surface area contributed by atoms with Gasteiger partial charge in [0.1, 0.15) is 12.4 Å². The molecule has 0 atom stereocenters. The van der Waals surface area contributed by atoms with Crippen LogP contribution in [0.2, 0.25) is 0 Å². The number of aromatic nitrogens is 3. The van der Waals surface area contributed by atoms with Gasteiger partial charge >= 0.3 is 0 Å². The fourth-order valence-corrected chi connectivity index (χ4v) is 5.49. The average Bonchev–Trinajstić information content (AvgIpc) is 3.49. The molecule has 0 saturated heterocycles. The van der Waals surface area contributed by atoms with E-state index < -0.39 is 0 Å². The molecule has 0 radical (unpaired) electrons. The summed E-state index contributed by atoms with van der Waals surface area (Å²) in [5.41, 5.74) is 7.07. The quantitative estimate of drug-likeness (QED) is 0.332. The van der Waals surface area contributed by atoms with E-state index in [1.165, 1.54) is 11.3 Å². The zero-order valence-electron chi connectivity index (χ0n) is 19.4. The van der Waals surface area contributed by atoms with E-state index in [0.29, 0.717) is 11.1 Å². The molecule has 3 heterocycles. The average molecular weight is 478 g/mol. The lowest BCUT2D eigenvalue weighted by atomic mass is 10.2. The van der Waals surface area contributed by atoms with E-state index in [1.807, 2.05) is 60.7 Å². The molecule has 6 rings (SSSR count). The van der Waals surface area contributed by atoms with Crippen LogP contribution in [0.15, 0.2) is 89.7 Å². The lowest BCUT2D eigenvalue weighted by Gasteiger charge is -2.11. The monoisotopic (exact) mass is 477 g/mol. The van der Waals surface area contributed by atoms with Crippen LogP contribution in [0.4, 0.5) is 0 Å². The summed E-state index contributed by atoms with van der Waals surface area (Å²) in [5, 5.41) is 0. The SMILES string of the molecule is Cc1cc(C=c2sc3nc4ccccc4n3c2=O)c(C)n1-c1ccc(OCc2ccccc2)cc1. The minimum atomic E-state index is -0.0246. The number of nitrogens with zero attached hydrogens (tertiary/aromatic N) is 3. The number of imidazole rings is 1. The molecule has 172 valence electrons. The smallest absolute Gasteiger partial charge is 0.274 e. The van der Waals surface area contributed by atoms with E-state index in [4.69, 9.17) is 4.74 Å². The molecule has 0 aliphatic rings. The highest BCUT2D eigenvalue weighted by Crippen LogP contribution is 2.24. The first kappa shape index (κ1) is 21.4. The number of fused-ring (bicyclic) bond motifs is 3. The molecular weight excluding hydrogens is 454 g/mol. The summed E-state index contributed by atoms with van der Waals surface area (Å²) in [6, 6.07) is 28.1. The van der Waals surface area contributed by atoms with Gasteiger partial charge in [0.2, 0.25) is 0 Å². The fraction of sp³-hybridized carbons (Fsp3) is 0.103. The zero-order valence-corrected chi connectivity index (χ0v) is 20.3. The second-order valence-corrected chi connectivity index (χ2v) is 9.57. The highest BCUT2D eigenvalue weighted by atomic mass is 32.1. The van der Waals surface area contributed by atoms with Gasteiger partial charge < -0.3 is 9.30 Å². The van der Waals surface area contributed by atoms with Gasteiger partial charge in [-0.3, -0.25) is 4.79 Å². The zero-order chi connectivity index (χ0) is 23.9. The van der Waals surface area contributed by atoms with Gasteiger partial charge in [0.25, 0.3) is 5.56 Å². The van der Waals surface area contributed by atoms with E-state index in [2.05, 4.69) is 53.7 Å². The van der Waals surface area contributed by atoms with Crippen molar-refractivity contribution >= 4 is 33.4 Å². The van der Waals surface area contributed by atoms with Crippen LogP contribution in [0, 0.1) is 13.8 Å². The number of hydrogen-bond acceptors (Lipinski definition) is 4. The van der Waals surface area contributed by atoms with Gasteiger partial charge in [-0.05, 0) is 73.5 Å². The van der Waals surface area contributed by atoms with Gasteiger partial charge in [0.15, 0.2) is 4.96 Å². The molecule has 0 amide bonds. The molecule has 6 aromatic rings. The van der Waals surface area contributed by atoms with Crippen molar-refractivity contribution in [3.63, 3.8) is 0 Å². The molecule has 0 unspecified atom stereocenters. The molecule has 0 fully saturated rings. The summed E-state index contributed by atoms with van der Waals surface area (Å²) in [7, 11) is 0. The third kappa shape index (κ3) is 3.82. The van der Waals surface area contributed by atoms with Gasteiger partial charge in [-0.1, -0.05) is 53.8 Å². The predicted molar refractivity (Wildman–Crippen MR) is 142 cm³/mol. The summed E-state index contributed by atoms with van der Waals surface area (Å²) >= 11 is 1.43. The molecule has 0 aliphatic heterocycles. The first-order chi connectivity index (χ1) is 17.1. The van der Waals surface area contributed by atoms with Crippen molar-refractivity contribution in [2.45, 2.75) is 20.5 Å². The fourth-order valence-electron chi connectivity index (χ4n) is 4.52. The Morgan fingerprint density at radius 3 is 2.49 bits per heavy atom. The van der Waals surface area contributed by atoms with Crippen LogP contribution in [0.3, 0.4) is 0 Å². The molecule has 0 aliphatic carbocycles. The van der Waals surface area contributed by atoms with Crippen LogP contribution in [0.25, 0.3) is 27.8 Å². The molecule has 3 aromatic heterocycles. The Kier molecular flexibility index (Phi) is 5.23. The van der Waals surface area contributed by atoms with E-state index in [1.54, 1.807) is 4.40 Å². The van der Waals surface area contributed by atoms with Crippen LogP contribution in [0.1, 0.15) is 22.5 Å². The molecule has 0 spiro atoms. The second kappa shape index (κ2) is 8.56. The van der Waals surface area contributed by atoms with E-state index in [9.17, 15) is 4.79 Å². The maximum absolute atomic E-state index is 13.2. The number of benzene rings is 3. The van der Waals surface area contributed by atoms with Crippen LogP contribution in [0.5, 0.6) is 5.75 Å². The normalized spacial score (nSPS) is 12.1. The Bertz CT molecular complexity index is 1780. The molecule has 3 aromatic carbocycles. The van der Waals surface area contributed by atoms with E-state index in [0.717, 1.165) is 49.9 Å². The molecule has 6 heteroatoms. The van der Waals surface area contributed by atoms with Crippen LogP contribution in [-0.4, -0.2) is 14.0 Å². The lowest BCUT2D eigenvalue weighted by Crippen LogP contribution is -2.22. The van der Waals surface area contributed by atoms with Crippen LogP contribution < -0.4 is 14.8 Å². The maximum Gasteiger partial charge on any atom is 0.274 e. The summed E-state index contributed by atoms with van der Waals surface area (Å²) in [5.74, 6) is 0.831. The van der Waals surface area contributed by atoms with Gasteiger partial charge in [0, 0.05) is 17.1 Å². The number of ether oxygens (including phenoxy) is 1. The Morgan fingerprint density at radius 2 is 1.69 bits per heavy atom. The standard InChI is InChI=1S/C29H23N3O2S/c1-19-16-22(17-27-28(33)32-26-11-7-6-10-25(26)30-29(32)35-27)20(2)31(19)23-12-14-24(15-13-23)34-18-21-8-4-3-5-9-21/h3-17H,18H2,1-2H3. The van der Waals surface area contributed by atoms with Gasteiger partial charge in [-0.25, -0.2) is 9.38 Å². The minimum absolute atomic E-state index is 0.0246. The van der Waals surface area contributed by atoms with E-state index >= 15 is 0 Å². The predicted octanol–water partition coefficient (Wildman–Crippen LogP) is 5.44. The molecule has 35 heavy (non-hydrogen) atoms. The Morgan fingerprint density at radius 1 is 0.943 bits per heavy atom. The first-order valence-electron chi connectivity index (χ1n) is 11.5. The molecule has 0 saturated carbocycles. The van der Waals surface area contributed by atoms with Crippen molar-refractivity contribution in [1.29, 1.82) is 0 Å². The van der Waals surface area contributed by atoms with Crippen molar-refractivity contribution in [3.8, 4) is 11.4 Å². The van der Waals surface area contributed by atoms with Crippen molar-refractivity contribution in [3.05, 3.63) is 122 Å². The van der Waals surface area contributed by atoms with Gasteiger partial charge in [0.05, 0.1) is 15.6 Å². The number of para-hydroxylation sites is 2. The number of hydrogen-bond donors (Lipinski definition) is 0. The van der Waals surface area contributed by atoms with Crippen LogP contribution in [-0.2, 0) is 6.61 Å². The number of aryl methyl sites for hydroxylation is 1. The highest BCUT2D eigenvalue weighted by Gasteiger charge is 2.13. The largest absolute Gasteiger partial charge is 0.489 e. The van der Waals surface area contributed by atoms with Gasteiger partial charge in [-0.15, -0.1) is 0 Å². The van der Waals surface area contributed by atoms with Crippen molar-refractivity contribution in [2.24, 2.45) is 0 Å². The first-order valence-corrected chi connectivity index (χ1v) is 12.3. The summed E-state index contributed by atoms with van der Waals surface area (Å²) in [4.78, 5) is 18.5. The summed E-state index contributed by atoms with van der Waals surface area (Å²) in [6.45, 7) is 4.70. The van der Waals surface area contributed by atoms with Crippen molar-refractivity contribution < 1.29 is 4.74 Å². The van der Waals surface area contributed by atoms with E-state index in [-0.39, 0.29) is 5.56 Å². The van der Waals surface area contributed by atoms with Crippen molar-refractivity contribution in [2.75, 3.05) is 0 Å². The van der Waals surface area contributed by atoms with Crippen LogP contribution >= 0.6 is 11.3 Å². The Balaban J connectivity index is 1.32. The number of thiazole rings is 1. The highest BCUT2D eigenvalue weighted by molar-refractivity contribution is 7.15. The number of rotatable bonds is 5. The maximum atomic E-state index is 13.2. The third-order valence-electron chi connectivity index (χ3n) is 6.25. The second-order valence-electron chi connectivity index (χ2n) is 8.56. The molecular formula is C29H23N3O2S. The van der Waals surface area contributed by atoms with Crippen molar-refractivity contribution in [1.82, 2.24) is 14.0 Å². The lowest BCUT2D eigenvalue weighted by molar-refractivity contribution is 0.306. The summed E-state index contributed by atoms with van der Waals surface area (Å²) < 4.78 is 10.5. The molecule has 5 nitrogen and oxygen atoms in total.